The first-order valence-electron chi connectivity index (χ1n) is 12.8. The molecule has 0 N–H and O–H groups in total. The molecule has 0 aromatic rings. The first kappa shape index (κ1) is 20.9. The molecule has 0 aromatic carbocycles. The molecule has 1 heteroatoms. The van der Waals surface area contributed by atoms with Crippen LogP contribution in [0.2, 0.25) is 0 Å². The lowest BCUT2D eigenvalue weighted by Gasteiger charge is -2.60. The highest BCUT2D eigenvalue weighted by Gasteiger charge is 2.61. The van der Waals surface area contributed by atoms with E-state index in [0.717, 1.165) is 36.0 Å². The number of rotatable bonds is 5. The van der Waals surface area contributed by atoms with E-state index in [4.69, 9.17) is 0 Å². The van der Waals surface area contributed by atoms with Gasteiger partial charge in [-0.15, -0.1) is 0 Å². The highest BCUT2D eigenvalue weighted by molar-refractivity contribution is 5.83. The molecule has 4 saturated carbocycles. The fourth-order valence-corrected chi connectivity index (χ4v) is 9.12. The molecule has 0 unspecified atom stereocenters. The average molecular weight is 387 g/mol. The zero-order valence-corrected chi connectivity index (χ0v) is 19.4. The predicted molar refractivity (Wildman–Crippen MR) is 118 cm³/mol. The topological polar surface area (TPSA) is 17.1 Å². The standard InChI is InChI=1S/C27H46O/c1-18(2)9-8-10-19(3)21-12-13-22-20-17-25(28)24-11-6-7-15-26(24,4)23(20)14-16-27(21,22)5/h18-24H,6-17H2,1-5H3/t19-,20+,21+,22-,23+,24-,26-,27+/m1/s1. The van der Waals surface area contributed by atoms with Crippen molar-refractivity contribution in [2.24, 2.45) is 52.3 Å². The van der Waals surface area contributed by atoms with Crippen LogP contribution in [0.5, 0.6) is 0 Å². The molecule has 0 radical (unpaired) electrons. The van der Waals surface area contributed by atoms with Gasteiger partial charge in [0.25, 0.3) is 0 Å². The van der Waals surface area contributed by atoms with Crippen molar-refractivity contribution in [1.82, 2.24) is 0 Å². The largest absolute Gasteiger partial charge is 0.299 e. The molecule has 0 aromatic heterocycles. The third-order valence-electron chi connectivity index (χ3n) is 10.6. The zero-order valence-electron chi connectivity index (χ0n) is 19.4. The number of carbonyl (C=O) groups is 1. The minimum Gasteiger partial charge on any atom is -0.299 e. The number of hydrogen-bond acceptors (Lipinski definition) is 1. The molecular weight excluding hydrogens is 340 g/mol. The number of Topliss-reactive ketones (excluding diaryl/α,β-unsaturated/α-hetero) is 1. The maximum Gasteiger partial charge on any atom is 0.136 e. The Morgan fingerprint density at radius 2 is 1.64 bits per heavy atom. The minimum atomic E-state index is 0.334. The zero-order chi connectivity index (χ0) is 20.1. The lowest BCUT2D eigenvalue weighted by atomic mass is 9.44. The van der Waals surface area contributed by atoms with Crippen LogP contribution in [0.1, 0.15) is 112 Å². The van der Waals surface area contributed by atoms with Gasteiger partial charge in [0.2, 0.25) is 0 Å². The van der Waals surface area contributed by atoms with E-state index in [9.17, 15) is 4.79 Å². The van der Waals surface area contributed by atoms with Crippen LogP contribution >= 0.6 is 0 Å². The third kappa shape index (κ3) is 3.31. The smallest absolute Gasteiger partial charge is 0.136 e. The summed E-state index contributed by atoms with van der Waals surface area (Å²) in [5.74, 6) is 6.03. The fourth-order valence-electron chi connectivity index (χ4n) is 9.12. The van der Waals surface area contributed by atoms with Crippen LogP contribution in [0.25, 0.3) is 0 Å². The quantitative estimate of drug-likeness (QED) is 0.473. The molecule has 4 aliphatic rings. The van der Waals surface area contributed by atoms with Gasteiger partial charge in [0.15, 0.2) is 0 Å². The van der Waals surface area contributed by atoms with Crippen LogP contribution in [-0.2, 0) is 4.79 Å². The molecule has 0 amide bonds. The fraction of sp³-hybridized carbons (Fsp3) is 0.963. The van der Waals surface area contributed by atoms with Crippen LogP contribution in [0.3, 0.4) is 0 Å². The van der Waals surface area contributed by atoms with Crippen molar-refractivity contribution in [3.8, 4) is 0 Å². The SMILES string of the molecule is CC(C)CCC[C@@H](C)[C@@H]1CC[C@@H]2[C@@H]3CC(=O)[C@H]4CCCC[C@]4(C)[C@H]3CC[C@]21C. The Hall–Kier alpha value is -0.330. The Balaban J connectivity index is 1.50. The molecule has 28 heavy (non-hydrogen) atoms. The summed E-state index contributed by atoms with van der Waals surface area (Å²) >= 11 is 0. The van der Waals surface area contributed by atoms with Crippen molar-refractivity contribution < 1.29 is 4.79 Å². The van der Waals surface area contributed by atoms with E-state index >= 15 is 0 Å². The summed E-state index contributed by atoms with van der Waals surface area (Å²) in [7, 11) is 0. The highest BCUT2D eigenvalue weighted by atomic mass is 16.1. The molecule has 8 atom stereocenters. The lowest BCUT2D eigenvalue weighted by molar-refractivity contribution is -0.154. The lowest BCUT2D eigenvalue weighted by Crippen LogP contribution is -2.56. The van der Waals surface area contributed by atoms with Crippen LogP contribution < -0.4 is 0 Å². The van der Waals surface area contributed by atoms with E-state index in [0.29, 0.717) is 28.4 Å². The van der Waals surface area contributed by atoms with Crippen molar-refractivity contribution >= 4 is 5.78 Å². The van der Waals surface area contributed by atoms with Crippen molar-refractivity contribution in [3.63, 3.8) is 0 Å². The summed E-state index contributed by atoms with van der Waals surface area (Å²) in [5, 5.41) is 0. The monoisotopic (exact) mass is 386 g/mol. The van der Waals surface area contributed by atoms with Crippen LogP contribution in [0, 0.1) is 52.3 Å². The average Bonchev–Trinajstić information content (AvgIpc) is 2.99. The molecular formula is C27H46O. The van der Waals surface area contributed by atoms with Crippen LogP contribution in [-0.4, -0.2) is 5.78 Å². The predicted octanol–water partition coefficient (Wildman–Crippen LogP) is 7.68. The van der Waals surface area contributed by atoms with Gasteiger partial charge >= 0.3 is 0 Å². The summed E-state index contributed by atoms with van der Waals surface area (Å²) in [6, 6.07) is 0. The number of carbonyl (C=O) groups excluding carboxylic acids is 1. The van der Waals surface area contributed by atoms with Gasteiger partial charge in [0, 0.05) is 12.3 Å². The van der Waals surface area contributed by atoms with E-state index in [1.54, 1.807) is 0 Å². The summed E-state index contributed by atoms with van der Waals surface area (Å²) in [6.45, 7) is 12.4. The van der Waals surface area contributed by atoms with Gasteiger partial charge in [0.1, 0.15) is 5.78 Å². The molecule has 0 heterocycles. The van der Waals surface area contributed by atoms with Gasteiger partial charge in [-0.3, -0.25) is 4.79 Å². The van der Waals surface area contributed by atoms with Crippen molar-refractivity contribution in [2.45, 2.75) is 112 Å². The number of ketones is 1. The number of hydrogen-bond donors (Lipinski definition) is 0. The van der Waals surface area contributed by atoms with E-state index < -0.39 is 0 Å². The molecule has 4 fully saturated rings. The molecule has 0 aliphatic heterocycles. The van der Waals surface area contributed by atoms with E-state index in [1.807, 2.05) is 0 Å². The molecule has 1 nitrogen and oxygen atoms in total. The summed E-state index contributed by atoms with van der Waals surface area (Å²) in [4.78, 5) is 13.2. The Kier molecular flexibility index (Phi) is 5.78. The van der Waals surface area contributed by atoms with E-state index in [1.165, 1.54) is 70.6 Å². The maximum atomic E-state index is 13.2. The first-order chi connectivity index (χ1) is 13.3. The Morgan fingerprint density at radius 1 is 0.893 bits per heavy atom. The second-order valence-electron chi connectivity index (χ2n) is 12.4. The van der Waals surface area contributed by atoms with Gasteiger partial charge in [0.05, 0.1) is 0 Å². The normalized spacial score (nSPS) is 46.8. The second-order valence-corrected chi connectivity index (χ2v) is 12.4. The van der Waals surface area contributed by atoms with Crippen molar-refractivity contribution in [3.05, 3.63) is 0 Å². The van der Waals surface area contributed by atoms with Crippen molar-refractivity contribution in [2.75, 3.05) is 0 Å². The van der Waals surface area contributed by atoms with Crippen LogP contribution in [0.4, 0.5) is 0 Å². The molecule has 4 aliphatic carbocycles. The molecule has 4 rings (SSSR count). The molecule has 0 saturated heterocycles. The summed E-state index contributed by atoms with van der Waals surface area (Å²) < 4.78 is 0. The number of fused-ring (bicyclic) bond motifs is 5. The Morgan fingerprint density at radius 3 is 2.39 bits per heavy atom. The third-order valence-corrected chi connectivity index (χ3v) is 10.6. The summed E-state index contributed by atoms with van der Waals surface area (Å²) in [6.07, 6.45) is 16.0. The summed E-state index contributed by atoms with van der Waals surface area (Å²) in [5.41, 5.74) is 0.844. The van der Waals surface area contributed by atoms with Crippen LogP contribution in [0.15, 0.2) is 0 Å². The Labute approximate surface area is 174 Å². The minimum absolute atomic E-state index is 0.334. The maximum absolute atomic E-state index is 13.2. The van der Waals surface area contributed by atoms with Gasteiger partial charge in [-0.2, -0.15) is 0 Å². The highest BCUT2D eigenvalue weighted by Crippen LogP contribution is 2.67. The van der Waals surface area contributed by atoms with Gasteiger partial charge < -0.3 is 0 Å². The van der Waals surface area contributed by atoms with Crippen molar-refractivity contribution in [1.29, 1.82) is 0 Å². The molecule has 0 spiro atoms. The van der Waals surface area contributed by atoms with Gasteiger partial charge in [-0.25, -0.2) is 0 Å². The van der Waals surface area contributed by atoms with Gasteiger partial charge in [-0.1, -0.05) is 66.7 Å². The Bertz CT molecular complexity index is 579. The first-order valence-corrected chi connectivity index (χ1v) is 12.8. The molecule has 0 bridgehead atoms. The van der Waals surface area contributed by atoms with E-state index in [-0.39, 0.29) is 0 Å². The van der Waals surface area contributed by atoms with E-state index in [2.05, 4.69) is 34.6 Å². The van der Waals surface area contributed by atoms with Gasteiger partial charge in [-0.05, 0) is 84.9 Å². The molecule has 160 valence electrons. The second kappa shape index (κ2) is 7.73.